The fourth-order valence-electron chi connectivity index (χ4n) is 3.65. The minimum Gasteiger partial charge on any atom is -0.379 e. The molecule has 1 aromatic heterocycles. The van der Waals surface area contributed by atoms with Gasteiger partial charge in [0.25, 0.3) is 5.91 Å². The molecule has 0 bridgehead atoms. The Morgan fingerprint density at radius 1 is 1.41 bits per heavy atom. The van der Waals surface area contributed by atoms with Gasteiger partial charge in [0.05, 0.1) is 0 Å². The van der Waals surface area contributed by atoms with E-state index in [-0.39, 0.29) is 5.91 Å². The van der Waals surface area contributed by atoms with Crippen LogP contribution in [0.5, 0.6) is 0 Å². The molecule has 1 aliphatic carbocycles. The molecular formula is C20H27N5O2. The normalized spacial score (nSPS) is 18.0. The average molecular weight is 369 g/mol. The van der Waals surface area contributed by atoms with Crippen molar-refractivity contribution in [3.8, 4) is 0 Å². The quantitative estimate of drug-likeness (QED) is 0.726. The highest BCUT2D eigenvalue weighted by atomic mass is 16.3. The van der Waals surface area contributed by atoms with Crippen LogP contribution in [0.15, 0.2) is 24.3 Å². The predicted molar refractivity (Wildman–Crippen MR) is 104 cm³/mol. The van der Waals surface area contributed by atoms with Crippen LogP contribution in [-0.2, 0) is 19.5 Å². The summed E-state index contributed by atoms with van der Waals surface area (Å²) < 4.78 is 2.15. The van der Waals surface area contributed by atoms with Crippen LogP contribution in [-0.4, -0.2) is 45.5 Å². The molecule has 0 radical (unpaired) electrons. The Morgan fingerprint density at radius 3 is 2.93 bits per heavy atom. The fraction of sp³-hybridized carbons (Fsp3) is 0.500. The lowest BCUT2D eigenvalue weighted by Gasteiger charge is -2.29. The molecule has 1 aromatic carbocycles. The van der Waals surface area contributed by atoms with Crippen molar-refractivity contribution in [2.24, 2.45) is 5.92 Å². The number of carbonyl (C=O) groups excluding carboxylic acids is 1. The van der Waals surface area contributed by atoms with Gasteiger partial charge in [-0.25, -0.2) is 0 Å². The summed E-state index contributed by atoms with van der Waals surface area (Å²) >= 11 is 0. The molecule has 1 amide bonds. The molecular weight excluding hydrogens is 342 g/mol. The Balaban J connectivity index is 1.64. The van der Waals surface area contributed by atoms with Crippen LogP contribution in [0.4, 0.5) is 11.5 Å². The van der Waals surface area contributed by atoms with E-state index in [4.69, 9.17) is 5.10 Å². The zero-order valence-electron chi connectivity index (χ0n) is 15.9. The Hall–Kier alpha value is -2.38. The molecule has 3 N–H and O–H groups in total. The van der Waals surface area contributed by atoms with Gasteiger partial charge >= 0.3 is 0 Å². The van der Waals surface area contributed by atoms with E-state index in [1.165, 1.54) is 18.5 Å². The number of hydrogen-bond acceptors (Lipinski definition) is 5. The lowest BCUT2D eigenvalue weighted by Crippen LogP contribution is -2.37. The van der Waals surface area contributed by atoms with Gasteiger partial charge in [0.1, 0.15) is 6.23 Å². The molecule has 1 saturated carbocycles. The van der Waals surface area contributed by atoms with Crippen LogP contribution in [0, 0.1) is 5.92 Å². The second-order valence-electron chi connectivity index (χ2n) is 7.54. The molecule has 1 atom stereocenters. The topological polar surface area (TPSA) is 82.4 Å². The monoisotopic (exact) mass is 369 g/mol. The number of anilines is 2. The van der Waals surface area contributed by atoms with Crippen molar-refractivity contribution in [1.29, 1.82) is 0 Å². The number of fused-ring (bicyclic) bond motifs is 1. The van der Waals surface area contributed by atoms with Crippen LogP contribution < -0.4 is 10.6 Å². The number of nitrogens with zero attached hydrogens (tertiary/aromatic N) is 3. The van der Waals surface area contributed by atoms with E-state index in [0.29, 0.717) is 12.1 Å². The smallest absolute Gasteiger partial charge is 0.251 e. The molecule has 0 spiro atoms. The SMILES string of the molecule is CNC(=O)c1cccc(Nc2nn(CC3CC3)c3c2CN(C(C)O)CC3)c1. The summed E-state index contributed by atoms with van der Waals surface area (Å²) in [6.07, 6.45) is 2.98. The molecule has 1 fully saturated rings. The Kier molecular flexibility index (Phi) is 4.88. The maximum atomic E-state index is 11.9. The van der Waals surface area contributed by atoms with Crippen molar-refractivity contribution in [1.82, 2.24) is 20.0 Å². The molecule has 1 unspecified atom stereocenters. The third kappa shape index (κ3) is 3.84. The van der Waals surface area contributed by atoms with Crippen LogP contribution in [0.1, 0.15) is 41.4 Å². The Labute approximate surface area is 159 Å². The van der Waals surface area contributed by atoms with Crippen molar-refractivity contribution >= 4 is 17.4 Å². The average Bonchev–Trinajstić information content (AvgIpc) is 3.43. The number of hydrogen-bond donors (Lipinski definition) is 3. The first-order valence-corrected chi connectivity index (χ1v) is 9.65. The molecule has 2 heterocycles. The molecule has 2 aliphatic rings. The van der Waals surface area contributed by atoms with Crippen LogP contribution in [0.25, 0.3) is 0 Å². The number of nitrogens with one attached hydrogen (secondary N) is 2. The molecule has 2 aromatic rings. The number of aliphatic hydroxyl groups is 1. The standard InChI is InChI=1S/C20H27N5O2/c1-13(26)24-9-8-18-17(12-24)19(23-25(18)11-14-6-7-14)22-16-5-3-4-15(10-16)20(27)21-2/h3-5,10,13-14,26H,6-9,11-12H2,1-2H3,(H,21,27)(H,22,23). The Bertz CT molecular complexity index is 841. The van der Waals surface area contributed by atoms with Crippen LogP contribution in [0.2, 0.25) is 0 Å². The lowest BCUT2D eigenvalue weighted by molar-refractivity contribution is 0.00879. The van der Waals surface area contributed by atoms with Gasteiger partial charge in [0.15, 0.2) is 5.82 Å². The van der Waals surface area contributed by atoms with Gasteiger partial charge in [-0.1, -0.05) is 6.07 Å². The second-order valence-corrected chi connectivity index (χ2v) is 7.54. The summed E-state index contributed by atoms with van der Waals surface area (Å²) in [5.74, 6) is 1.46. The van der Waals surface area contributed by atoms with Gasteiger partial charge in [-0.3, -0.25) is 14.4 Å². The zero-order valence-corrected chi connectivity index (χ0v) is 15.9. The van der Waals surface area contributed by atoms with Crippen molar-refractivity contribution < 1.29 is 9.90 Å². The van der Waals surface area contributed by atoms with Gasteiger partial charge in [0.2, 0.25) is 0 Å². The highest BCUT2D eigenvalue weighted by Crippen LogP contribution is 2.34. The maximum absolute atomic E-state index is 11.9. The summed E-state index contributed by atoms with van der Waals surface area (Å²) in [6, 6.07) is 7.43. The van der Waals surface area contributed by atoms with Crippen molar-refractivity contribution in [3.63, 3.8) is 0 Å². The largest absolute Gasteiger partial charge is 0.379 e. The van der Waals surface area contributed by atoms with Crippen molar-refractivity contribution in [2.75, 3.05) is 18.9 Å². The van der Waals surface area contributed by atoms with E-state index in [9.17, 15) is 9.90 Å². The summed E-state index contributed by atoms with van der Waals surface area (Å²) in [4.78, 5) is 14.0. The molecule has 7 heteroatoms. The first-order valence-electron chi connectivity index (χ1n) is 9.65. The molecule has 144 valence electrons. The number of aromatic nitrogens is 2. The third-order valence-electron chi connectivity index (χ3n) is 5.43. The zero-order chi connectivity index (χ0) is 19.0. The third-order valence-corrected chi connectivity index (χ3v) is 5.43. The molecule has 7 nitrogen and oxygen atoms in total. The second kappa shape index (κ2) is 7.32. The lowest BCUT2D eigenvalue weighted by atomic mass is 10.1. The van der Waals surface area contributed by atoms with Gasteiger partial charge in [-0.15, -0.1) is 0 Å². The van der Waals surface area contributed by atoms with E-state index in [1.807, 2.05) is 18.2 Å². The summed E-state index contributed by atoms with van der Waals surface area (Å²) in [5, 5.41) is 20.9. The minimum absolute atomic E-state index is 0.111. The first-order chi connectivity index (χ1) is 13.0. The van der Waals surface area contributed by atoms with Gasteiger partial charge in [0, 0.05) is 55.6 Å². The summed E-state index contributed by atoms with van der Waals surface area (Å²) in [6.45, 7) is 4.29. The fourth-order valence-corrected chi connectivity index (χ4v) is 3.65. The minimum atomic E-state index is -0.477. The van der Waals surface area contributed by atoms with E-state index >= 15 is 0 Å². The first kappa shape index (κ1) is 18.0. The predicted octanol–water partition coefficient (Wildman–Crippen LogP) is 2.09. The highest BCUT2D eigenvalue weighted by Gasteiger charge is 2.30. The van der Waals surface area contributed by atoms with Crippen molar-refractivity contribution in [2.45, 2.75) is 45.5 Å². The highest BCUT2D eigenvalue weighted by molar-refractivity contribution is 5.95. The summed E-state index contributed by atoms with van der Waals surface area (Å²) in [7, 11) is 1.63. The summed E-state index contributed by atoms with van der Waals surface area (Å²) in [5.41, 5.74) is 3.86. The van der Waals surface area contributed by atoms with Crippen LogP contribution in [0.3, 0.4) is 0 Å². The maximum Gasteiger partial charge on any atom is 0.251 e. The number of rotatable bonds is 6. The number of carbonyl (C=O) groups is 1. The van der Waals surface area contributed by atoms with E-state index < -0.39 is 6.23 Å². The molecule has 27 heavy (non-hydrogen) atoms. The number of benzene rings is 1. The molecule has 0 saturated heterocycles. The van der Waals surface area contributed by atoms with E-state index in [1.54, 1.807) is 20.0 Å². The van der Waals surface area contributed by atoms with Crippen molar-refractivity contribution in [3.05, 3.63) is 41.1 Å². The Morgan fingerprint density at radius 2 is 2.22 bits per heavy atom. The number of aliphatic hydroxyl groups excluding tert-OH is 1. The van der Waals surface area contributed by atoms with Crippen LogP contribution >= 0.6 is 0 Å². The van der Waals surface area contributed by atoms with Gasteiger partial charge < -0.3 is 15.7 Å². The molecule has 4 rings (SSSR count). The van der Waals surface area contributed by atoms with E-state index in [0.717, 1.165) is 42.5 Å². The van der Waals surface area contributed by atoms with E-state index in [2.05, 4.69) is 20.2 Å². The number of amides is 1. The van der Waals surface area contributed by atoms with Gasteiger partial charge in [-0.2, -0.15) is 5.10 Å². The molecule has 1 aliphatic heterocycles. The van der Waals surface area contributed by atoms with Gasteiger partial charge in [-0.05, 0) is 43.9 Å².